The van der Waals surface area contributed by atoms with Crippen molar-refractivity contribution in [3.8, 4) is 5.88 Å². The third-order valence-electron chi connectivity index (χ3n) is 3.77. The van der Waals surface area contributed by atoms with Crippen LogP contribution in [0, 0.1) is 11.7 Å². The minimum atomic E-state index is -0.209. The van der Waals surface area contributed by atoms with Gasteiger partial charge >= 0.3 is 0 Å². The predicted molar refractivity (Wildman–Crippen MR) is 85.8 cm³/mol. The molecule has 1 aliphatic heterocycles. The molecule has 0 saturated heterocycles. The zero-order valence-electron chi connectivity index (χ0n) is 13.0. The minimum Gasteiger partial charge on any atom is -0.474 e. The van der Waals surface area contributed by atoms with Crippen LogP contribution in [0.1, 0.15) is 31.4 Å². The van der Waals surface area contributed by atoms with Gasteiger partial charge in [0.05, 0.1) is 11.7 Å². The predicted octanol–water partition coefficient (Wildman–Crippen LogP) is 4.03. The average Bonchev–Trinajstić information content (AvgIpc) is 2.49. The van der Waals surface area contributed by atoms with Crippen molar-refractivity contribution >= 4 is 5.69 Å². The molecule has 2 heterocycles. The van der Waals surface area contributed by atoms with Gasteiger partial charge in [-0.05, 0) is 48.1 Å². The summed E-state index contributed by atoms with van der Waals surface area (Å²) in [6.45, 7) is 5.08. The van der Waals surface area contributed by atoms with Crippen LogP contribution in [0.25, 0.3) is 0 Å². The van der Waals surface area contributed by atoms with Crippen molar-refractivity contribution in [2.75, 3.05) is 11.9 Å². The molecule has 116 valence electrons. The molecule has 0 unspecified atom stereocenters. The molecule has 22 heavy (non-hydrogen) atoms. The lowest BCUT2D eigenvalue weighted by molar-refractivity contribution is 0.258. The van der Waals surface area contributed by atoms with Crippen LogP contribution >= 0.6 is 0 Å². The molecule has 1 aromatic carbocycles. The quantitative estimate of drug-likeness (QED) is 0.925. The van der Waals surface area contributed by atoms with Gasteiger partial charge in [-0.2, -0.15) is 0 Å². The van der Waals surface area contributed by atoms with Gasteiger partial charge in [0.15, 0.2) is 0 Å². The van der Waals surface area contributed by atoms with Crippen LogP contribution in [-0.4, -0.2) is 17.6 Å². The van der Waals surface area contributed by atoms with E-state index in [-0.39, 0.29) is 5.82 Å². The van der Waals surface area contributed by atoms with E-state index in [4.69, 9.17) is 4.74 Å². The van der Waals surface area contributed by atoms with Gasteiger partial charge in [0.2, 0.25) is 5.88 Å². The Morgan fingerprint density at radius 2 is 2.05 bits per heavy atom. The second-order valence-electron chi connectivity index (χ2n) is 6.28. The molecule has 0 spiro atoms. The van der Waals surface area contributed by atoms with E-state index in [0.717, 1.165) is 29.7 Å². The molecular formula is C18H21FN2O. The highest BCUT2D eigenvalue weighted by molar-refractivity contribution is 5.56. The minimum absolute atomic E-state index is 0.209. The summed E-state index contributed by atoms with van der Waals surface area (Å²) in [5.41, 5.74) is 3.11. The summed E-state index contributed by atoms with van der Waals surface area (Å²) in [5, 5.41) is 3.52. The van der Waals surface area contributed by atoms with Crippen molar-refractivity contribution < 1.29 is 9.13 Å². The number of benzene rings is 1. The fourth-order valence-electron chi connectivity index (χ4n) is 2.79. The maximum Gasteiger partial charge on any atom is 0.237 e. The van der Waals surface area contributed by atoms with E-state index in [1.165, 1.54) is 12.1 Å². The molecule has 3 rings (SSSR count). The van der Waals surface area contributed by atoms with E-state index < -0.39 is 0 Å². The molecule has 0 fully saturated rings. The van der Waals surface area contributed by atoms with E-state index in [1.807, 2.05) is 6.20 Å². The number of ether oxygens (including phenoxy) is 1. The number of anilines is 1. The first-order valence-corrected chi connectivity index (χ1v) is 7.73. The van der Waals surface area contributed by atoms with E-state index in [9.17, 15) is 4.39 Å². The van der Waals surface area contributed by atoms with E-state index in [2.05, 4.69) is 30.2 Å². The molecule has 0 saturated carbocycles. The molecule has 3 nitrogen and oxygen atoms in total. The van der Waals surface area contributed by atoms with Crippen LogP contribution in [0.5, 0.6) is 5.88 Å². The van der Waals surface area contributed by atoms with Gasteiger partial charge in [-0.3, -0.25) is 0 Å². The lowest BCUT2D eigenvalue weighted by Crippen LogP contribution is -2.33. The molecule has 0 amide bonds. The second-order valence-corrected chi connectivity index (χ2v) is 6.28. The van der Waals surface area contributed by atoms with Gasteiger partial charge in [-0.1, -0.05) is 26.0 Å². The Bertz CT molecular complexity index is 640. The first-order chi connectivity index (χ1) is 10.6. The number of hydrogen-bond donors (Lipinski definition) is 1. The van der Waals surface area contributed by atoms with Crippen molar-refractivity contribution in [1.82, 2.24) is 4.98 Å². The Morgan fingerprint density at radius 3 is 2.77 bits per heavy atom. The molecule has 0 aliphatic carbocycles. The van der Waals surface area contributed by atoms with Crippen LogP contribution < -0.4 is 10.1 Å². The van der Waals surface area contributed by atoms with Crippen LogP contribution in [-0.2, 0) is 6.42 Å². The summed E-state index contributed by atoms with van der Waals surface area (Å²) < 4.78 is 18.7. The first-order valence-electron chi connectivity index (χ1n) is 7.73. The molecule has 4 heteroatoms. The van der Waals surface area contributed by atoms with E-state index >= 15 is 0 Å². The molecule has 0 bridgehead atoms. The van der Waals surface area contributed by atoms with E-state index in [0.29, 0.717) is 24.4 Å². The average molecular weight is 300 g/mol. The number of rotatable bonds is 4. The molecule has 1 aromatic heterocycles. The summed E-state index contributed by atoms with van der Waals surface area (Å²) in [6, 6.07) is 9.00. The SMILES string of the molecule is CC(C)C[C@H]1COc2ncc(Cc3ccc(F)cc3)cc2N1. The molecule has 1 N–H and O–H groups in total. The fourth-order valence-corrected chi connectivity index (χ4v) is 2.79. The zero-order valence-corrected chi connectivity index (χ0v) is 13.0. The highest BCUT2D eigenvalue weighted by atomic mass is 19.1. The van der Waals surface area contributed by atoms with Crippen molar-refractivity contribution in [2.45, 2.75) is 32.7 Å². The maximum atomic E-state index is 13.0. The number of halogens is 1. The number of nitrogens with one attached hydrogen (secondary N) is 1. The smallest absolute Gasteiger partial charge is 0.237 e. The number of pyridine rings is 1. The zero-order chi connectivity index (χ0) is 15.5. The first kappa shape index (κ1) is 14.8. The van der Waals surface area contributed by atoms with Crippen molar-refractivity contribution in [3.05, 3.63) is 53.5 Å². The normalized spacial score (nSPS) is 16.8. The third-order valence-corrected chi connectivity index (χ3v) is 3.77. The summed E-state index contributed by atoms with van der Waals surface area (Å²) in [6.07, 6.45) is 3.63. The molecule has 1 atom stereocenters. The van der Waals surface area contributed by atoms with Gasteiger partial charge in [0.25, 0.3) is 0 Å². The number of hydrogen-bond acceptors (Lipinski definition) is 3. The Kier molecular flexibility index (Phi) is 4.27. The summed E-state index contributed by atoms with van der Waals surface area (Å²) in [7, 11) is 0. The summed E-state index contributed by atoms with van der Waals surface area (Å²) in [5.74, 6) is 1.08. The number of nitrogens with zero attached hydrogens (tertiary/aromatic N) is 1. The van der Waals surface area contributed by atoms with Gasteiger partial charge in [-0.15, -0.1) is 0 Å². The molecule has 0 radical (unpaired) electrons. The fraction of sp³-hybridized carbons (Fsp3) is 0.389. The topological polar surface area (TPSA) is 34.1 Å². The second kappa shape index (κ2) is 6.34. The highest BCUT2D eigenvalue weighted by Crippen LogP contribution is 2.29. The molecule has 1 aliphatic rings. The van der Waals surface area contributed by atoms with Crippen molar-refractivity contribution in [2.24, 2.45) is 5.92 Å². The Balaban J connectivity index is 1.74. The number of aromatic nitrogens is 1. The maximum absolute atomic E-state index is 13.0. The Labute approximate surface area is 130 Å². The Hall–Kier alpha value is -2.10. The van der Waals surface area contributed by atoms with Crippen LogP contribution in [0.4, 0.5) is 10.1 Å². The third kappa shape index (κ3) is 3.56. The van der Waals surface area contributed by atoms with Gasteiger partial charge in [0, 0.05) is 6.20 Å². The van der Waals surface area contributed by atoms with Crippen LogP contribution in [0.15, 0.2) is 36.5 Å². The van der Waals surface area contributed by atoms with Crippen LogP contribution in [0.2, 0.25) is 0 Å². The summed E-state index contributed by atoms with van der Waals surface area (Å²) in [4.78, 5) is 4.39. The monoisotopic (exact) mass is 300 g/mol. The Morgan fingerprint density at radius 1 is 1.27 bits per heavy atom. The molecule has 2 aromatic rings. The van der Waals surface area contributed by atoms with Crippen molar-refractivity contribution in [3.63, 3.8) is 0 Å². The largest absolute Gasteiger partial charge is 0.474 e. The van der Waals surface area contributed by atoms with Gasteiger partial charge < -0.3 is 10.1 Å². The van der Waals surface area contributed by atoms with Gasteiger partial charge in [0.1, 0.15) is 12.4 Å². The standard InChI is InChI=1S/C18H21FN2O/c1-12(2)7-16-11-22-18-17(21-16)9-14(10-20-18)8-13-3-5-15(19)6-4-13/h3-6,9-10,12,16,21H,7-8,11H2,1-2H3/t16-/m0/s1. The lowest BCUT2D eigenvalue weighted by atomic mass is 10.0. The summed E-state index contributed by atoms with van der Waals surface area (Å²) >= 11 is 0. The van der Waals surface area contributed by atoms with Crippen molar-refractivity contribution in [1.29, 1.82) is 0 Å². The highest BCUT2D eigenvalue weighted by Gasteiger charge is 2.21. The van der Waals surface area contributed by atoms with E-state index in [1.54, 1.807) is 12.1 Å². The van der Waals surface area contributed by atoms with Gasteiger partial charge in [-0.25, -0.2) is 9.37 Å². The molecular weight excluding hydrogens is 279 g/mol. The van der Waals surface area contributed by atoms with Crippen LogP contribution in [0.3, 0.4) is 0 Å². The lowest BCUT2D eigenvalue weighted by Gasteiger charge is -2.28. The number of fused-ring (bicyclic) bond motifs is 1.